The number of esters is 1. The van der Waals surface area contributed by atoms with Crippen molar-refractivity contribution in [3.63, 3.8) is 0 Å². The van der Waals surface area contributed by atoms with E-state index in [2.05, 4.69) is 129 Å². The second-order valence-corrected chi connectivity index (χ2v) is 22.9. The molecule has 0 bridgehead atoms. The third kappa shape index (κ3) is 56.9. The molecule has 0 saturated heterocycles. The van der Waals surface area contributed by atoms with Gasteiger partial charge in [0.15, 0.2) is 0 Å². The van der Waals surface area contributed by atoms with Gasteiger partial charge in [-0.05, 0) is 102 Å². The fourth-order valence-corrected chi connectivity index (χ4v) is 8.95. The van der Waals surface area contributed by atoms with Crippen molar-refractivity contribution in [1.29, 1.82) is 0 Å². The monoisotopic (exact) mass is 1090 g/mol. The minimum atomic E-state index is -4.71. The highest BCUT2D eigenvalue weighted by molar-refractivity contribution is 7.45. The van der Waals surface area contributed by atoms with E-state index in [9.17, 15) is 19.0 Å². The second-order valence-electron chi connectivity index (χ2n) is 21.5. The van der Waals surface area contributed by atoms with E-state index in [0.29, 0.717) is 23.9 Å². The first kappa shape index (κ1) is 73.4. The zero-order valence-electron chi connectivity index (χ0n) is 50.1. The maximum Gasteiger partial charge on any atom is 0.306 e. The van der Waals surface area contributed by atoms with E-state index in [1.807, 2.05) is 39.4 Å². The first-order valence-electron chi connectivity index (χ1n) is 30.9. The molecular formula is C67H115N2O7P. The van der Waals surface area contributed by atoms with E-state index in [1.54, 1.807) is 0 Å². The van der Waals surface area contributed by atoms with Crippen molar-refractivity contribution >= 4 is 19.7 Å². The number of phosphoric acid groups is 1. The van der Waals surface area contributed by atoms with Gasteiger partial charge in [-0.3, -0.25) is 14.2 Å². The van der Waals surface area contributed by atoms with E-state index < -0.39 is 26.6 Å². The van der Waals surface area contributed by atoms with Gasteiger partial charge in [-0.25, -0.2) is 0 Å². The lowest BCUT2D eigenvalue weighted by Gasteiger charge is -2.30. The maximum absolute atomic E-state index is 13.5. The summed E-state index contributed by atoms with van der Waals surface area (Å²) >= 11 is 0. The number of phosphoric ester groups is 1. The number of quaternary nitrogens is 1. The molecule has 0 aliphatic heterocycles. The summed E-state index contributed by atoms with van der Waals surface area (Å²) in [6.07, 6.45) is 77.4. The molecule has 9 nitrogen and oxygen atoms in total. The van der Waals surface area contributed by atoms with Crippen LogP contribution in [0.2, 0.25) is 0 Å². The number of ether oxygens (including phenoxy) is 1. The lowest BCUT2D eigenvalue weighted by Crippen LogP contribution is -2.47. The second kappa shape index (κ2) is 55.7. The van der Waals surface area contributed by atoms with Crippen LogP contribution in [0.3, 0.4) is 0 Å². The first-order valence-corrected chi connectivity index (χ1v) is 32.3. The Labute approximate surface area is 473 Å². The van der Waals surface area contributed by atoms with Crippen molar-refractivity contribution in [1.82, 2.24) is 5.32 Å². The van der Waals surface area contributed by atoms with E-state index in [0.717, 1.165) is 135 Å². The van der Waals surface area contributed by atoms with Crippen molar-refractivity contribution in [2.75, 3.05) is 40.9 Å². The van der Waals surface area contributed by atoms with Gasteiger partial charge in [0.25, 0.3) is 7.82 Å². The van der Waals surface area contributed by atoms with Gasteiger partial charge in [0, 0.05) is 12.8 Å². The molecule has 440 valence electrons. The molecule has 0 rings (SSSR count). The van der Waals surface area contributed by atoms with Crippen LogP contribution in [-0.4, -0.2) is 69.4 Å². The molecule has 1 amide bonds. The van der Waals surface area contributed by atoms with Crippen LogP contribution in [-0.2, 0) is 27.9 Å². The van der Waals surface area contributed by atoms with E-state index in [4.69, 9.17) is 13.8 Å². The number of nitrogens with one attached hydrogen (secondary N) is 1. The summed E-state index contributed by atoms with van der Waals surface area (Å²) in [6, 6.07) is -0.913. The van der Waals surface area contributed by atoms with Crippen LogP contribution >= 0.6 is 7.82 Å². The summed E-state index contributed by atoms with van der Waals surface area (Å²) in [7, 11) is 1.14. The van der Waals surface area contributed by atoms with Crippen molar-refractivity contribution in [3.8, 4) is 0 Å². The molecule has 0 aromatic rings. The number of rotatable bonds is 54. The average molecular weight is 1090 g/mol. The Balaban J connectivity index is 5.26. The largest absolute Gasteiger partial charge is 0.756 e. The summed E-state index contributed by atoms with van der Waals surface area (Å²) in [5, 5.41) is 3.01. The summed E-state index contributed by atoms with van der Waals surface area (Å²) < 4.78 is 30.3. The van der Waals surface area contributed by atoms with E-state index in [-0.39, 0.29) is 31.3 Å². The number of carbonyl (C=O) groups excluding carboxylic acids is 2. The lowest BCUT2D eigenvalue weighted by molar-refractivity contribution is -0.870. The molecule has 0 aromatic heterocycles. The van der Waals surface area contributed by atoms with Gasteiger partial charge < -0.3 is 28.5 Å². The molecule has 0 aromatic carbocycles. The fraction of sp³-hybridized carbons (Fsp3) is 0.672. The Morgan fingerprint density at radius 1 is 0.481 bits per heavy atom. The van der Waals surface area contributed by atoms with Gasteiger partial charge in [-0.2, -0.15) is 0 Å². The molecule has 0 spiro atoms. The van der Waals surface area contributed by atoms with Gasteiger partial charge in [-0.1, -0.05) is 245 Å². The average Bonchev–Trinajstić information content (AvgIpc) is 3.39. The van der Waals surface area contributed by atoms with Gasteiger partial charge >= 0.3 is 5.97 Å². The minimum absolute atomic E-state index is 0.0357. The highest BCUT2D eigenvalue weighted by Crippen LogP contribution is 2.38. The predicted octanol–water partition coefficient (Wildman–Crippen LogP) is 18.5. The molecule has 0 saturated carbocycles. The predicted molar refractivity (Wildman–Crippen MR) is 330 cm³/mol. The molecule has 0 aliphatic rings. The number of hydrogen-bond acceptors (Lipinski definition) is 7. The zero-order chi connectivity index (χ0) is 56.4. The van der Waals surface area contributed by atoms with Crippen molar-refractivity contribution in [3.05, 3.63) is 122 Å². The van der Waals surface area contributed by atoms with Crippen molar-refractivity contribution in [2.24, 2.45) is 0 Å². The lowest BCUT2D eigenvalue weighted by atomic mass is 10.0. The number of hydrogen-bond donors (Lipinski definition) is 1. The normalized spacial score (nSPS) is 14.5. The first-order chi connectivity index (χ1) is 37.4. The number of unbranched alkanes of at least 4 members (excludes halogenated alkanes) is 22. The molecule has 77 heavy (non-hydrogen) atoms. The van der Waals surface area contributed by atoms with Crippen LogP contribution in [0.4, 0.5) is 0 Å². The number of likely N-dealkylation sites (N-methyl/N-ethyl adjacent to an activating group) is 1. The molecule has 10 heteroatoms. The molecule has 0 heterocycles. The van der Waals surface area contributed by atoms with Crippen molar-refractivity contribution in [2.45, 2.75) is 251 Å². The Morgan fingerprint density at radius 2 is 0.896 bits per heavy atom. The van der Waals surface area contributed by atoms with E-state index >= 15 is 0 Å². The SMILES string of the molecule is CC/C=C\C/C=C\C/C=C\C/C=C\C/C=C\C/C=C\CCCCCCCCC(=O)OC(/C=C\CCCCCCCCCCCCC)C(COP(=O)([O-])OCC[N+](C)(C)C)NC(=O)CCCCCCC\C=C/C=C/C=C/CC. The van der Waals surface area contributed by atoms with Crippen LogP contribution in [0, 0.1) is 0 Å². The molecular weight excluding hydrogens is 976 g/mol. The van der Waals surface area contributed by atoms with Crippen molar-refractivity contribution < 1.29 is 37.3 Å². The molecule has 1 N–H and O–H groups in total. The Morgan fingerprint density at radius 3 is 1.39 bits per heavy atom. The molecule has 0 fully saturated rings. The van der Waals surface area contributed by atoms with Gasteiger partial charge in [0.1, 0.15) is 19.3 Å². The topological polar surface area (TPSA) is 114 Å². The molecule has 3 atom stereocenters. The third-order valence-corrected chi connectivity index (χ3v) is 13.9. The summed E-state index contributed by atoms with van der Waals surface area (Å²) in [5.74, 6) is -0.590. The number of amides is 1. The van der Waals surface area contributed by atoms with Crippen LogP contribution in [0.1, 0.15) is 239 Å². The van der Waals surface area contributed by atoms with E-state index in [1.165, 1.54) is 57.8 Å². The maximum atomic E-state index is 13.5. The quantitative estimate of drug-likeness (QED) is 0.0161. The van der Waals surface area contributed by atoms with Crippen LogP contribution in [0.25, 0.3) is 0 Å². The van der Waals surface area contributed by atoms with Crippen LogP contribution in [0.15, 0.2) is 122 Å². The Bertz CT molecular complexity index is 1730. The minimum Gasteiger partial charge on any atom is -0.756 e. The smallest absolute Gasteiger partial charge is 0.306 e. The highest BCUT2D eigenvalue weighted by Gasteiger charge is 2.27. The third-order valence-electron chi connectivity index (χ3n) is 12.9. The standard InChI is InChI=1S/C67H115N2O7P/c1-7-10-13-16-19-22-25-28-29-30-31-32-33-34-35-36-37-38-39-42-45-48-51-54-57-60-67(71)76-65(58-55-52-49-46-43-40-26-23-20-17-14-11-8-2)64(63-75-77(72,73)74-62-61-69(4,5)6)68-66(70)59-56-53-50-47-44-41-27-24-21-18-15-12-9-3/h10,12-13,15,18-19,21-22,24,27-29,31-32,34-35,37-38,55,58,64-65H,7-9,11,14,16-17,20,23,25-26,30,33,36,39-54,56-57,59-63H2,1-6H3,(H-,68,70,72,73)/b13-10-,15-12+,21-18+,22-19-,27-24-,29-28-,32-31-,35-34-,38-37-,58-55-. The Kier molecular flexibility index (Phi) is 53.1. The molecule has 0 radical (unpaired) electrons. The van der Waals surface area contributed by atoms with Crippen LogP contribution in [0.5, 0.6) is 0 Å². The van der Waals surface area contributed by atoms with Gasteiger partial charge in [0.2, 0.25) is 5.91 Å². The summed E-state index contributed by atoms with van der Waals surface area (Å²) in [4.78, 5) is 40.0. The molecule has 3 unspecified atom stereocenters. The zero-order valence-corrected chi connectivity index (χ0v) is 51.0. The summed E-state index contributed by atoms with van der Waals surface area (Å²) in [6.45, 7) is 6.55. The number of allylic oxidation sites excluding steroid dienone is 19. The van der Waals surface area contributed by atoms with Gasteiger partial charge in [0.05, 0.1) is 33.8 Å². The van der Waals surface area contributed by atoms with Gasteiger partial charge in [-0.15, -0.1) is 0 Å². The highest BCUT2D eigenvalue weighted by atomic mass is 31.2. The number of nitrogens with zero attached hydrogens (tertiary/aromatic N) is 1. The Hall–Kier alpha value is -3.59. The molecule has 0 aliphatic carbocycles. The fourth-order valence-electron chi connectivity index (χ4n) is 8.23. The number of carbonyl (C=O) groups is 2. The summed E-state index contributed by atoms with van der Waals surface area (Å²) in [5.41, 5.74) is 0. The van der Waals surface area contributed by atoms with Crippen LogP contribution < -0.4 is 10.2 Å².